The van der Waals surface area contributed by atoms with Crippen molar-refractivity contribution in [3.63, 3.8) is 0 Å². The molecule has 116 valence electrons. The topological polar surface area (TPSA) is 89.3 Å². The molecule has 0 atom stereocenters. The second kappa shape index (κ2) is 6.06. The van der Waals surface area contributed by atoms with Crippen LogP contribution in [0.15, 0.2) is 27.6 Å². The normalized spacial score (nSPS) is 17.7. The van der Waals surface area contributed by atoms with E-state index < -0.39 is 10.0 Å². The number of anilines is 1. The highest BCUT2D eigenvalue weighted by molar-refractivity contribution is 9.10. The molecule has 0 bridgehead atoms. The van der Waals surface area contributed by atoms with Crippen LogP contribution in [0, 0.1) is 5.41 Å². The van der Waals surface area contributed by atoms with Crippen LogP contribution in [0.1, 0.15) is 39.0 Å². The largest absolute Gasteiger partial charge is 0.326 e. The van der Waals surface area contributed by atoms with E-state index in [1.165, 1.54) is 6.07 Å². The third-order valence-corrected chi connectivity index (χ3v) is 6.10. The average molecular weight is 375 g/mol. The van der Waals surface area contributed by atoms with Gasteiger partial charge in [0.1, 0.15) is 0 Å². The van der Waals surface area contributed by atoms with Crippen molar-refractivity contribution >= 4 is 37.5 Å². The highest BCUT2D eigenvalue weighted by atomic mass is 79.9. The Labute approximate surface area is 133 Å². The Morgan fingerprint density at radius 3 is 2.48 bits per heavy atom. The molecule has 5 nitrogen and oxygen atoms in total. The molecule has 1 aromatic carbocycles. The maximum atomic E-state index is 12.5. The van der Waals surface area contributed by atoms with E-state index in [0.29, 0.717) is 10.2 Å². The lowest BCUT2D eigenvalue weighted by Crippen LogP contribution is -2.33. The van der Waals surface area contributed by atoms with Crippen LogP contribution >= 0.6 is 15.9 Å². The molecule has 1 aliphatic carbocycles. The lowest BCUT2D eigenvalue weighted by atomic mass is 9.82. The van der Waals surface area contributed by atoms with E-state index in [0.717, 1.165) is 32.1 Å². The van der Waals surface area contributed by atoms with E-state index in [1.807, 2.05) is 6.92 Å². The minimum absolute atomic E-state index is 0.00608. The Kier molecular flexibility index (Phi) is 4.75. The average Bonchev–Trinajstić information content (AvgIpc) is 2.87. The van der Waals surface area contributed by atoms with E-state index in [4.69, 9.17) is 5.14 Å². The first-order chi connectivity index (χ1) is 9.78. The number of halogens is 1. The van der Waals surface area contributed by atoms with Gasteiger partial charge in [-0.15, -0.1) is 0 Å². The van der Waals surface area contributed by atoms with Crippen LogP contribution in [-0.2, 0) is 14.8 Å². The van der Waals surface area contributed by atoms with Crippen molar-refractivity contribution in [1.29, 1.82) is 0 Å². The first kappa shape index (κ1) is 16.5. The number of rotatable bonds is 4. The molecule has 1 aromatic rings. The quantitative estimate of drug-likeness (QED) is 0.848. The van der Waals surface area contributed by atoms with Crippen molar-refractivity contribution < 1.29 is 13.2 Å². The van der Waals surface area contributed by atoms with Gasteiger partial charge in [0.2, 0.25) is 15.9 Å². The summed E-state index contributed by atoms with van der Waals surface area (Å²) in [7, 11) is -3.77. The number of nitrogens with two attached hydrogens (primary N) is 1. The molecule has 0 spiro atoms. The van der Waals surface area contributed by atoms with E-state index >= 15 is 0 Å². The molecule has 7 heteroatoms. The number of benzene rings is 1. The van der Waals surface area contributed by atoms with Gasteiger partial charge in [0.15, 0.2) is 0 Å². The highest BCUT2D eigenvalue weighted by Crippen LogP contribution is 2.42. The molecule has 1 aliphatic rings. The molecule has 1 amide bonds. The van der Waals surface area contributed by atoms with Gasteiger partial charge in [-0.3, -0.25) is 4.79 Å². The van der Waals surface area contributed by atoms with Crippen molar-refractivity contribution in [2.24, 2.45) is 10.6 Å². The second-order valence-corrected chi connectivity index (χ2v) is 7.87. The standard InChI is InChI=1S/C14H19BrN2O3S/c1-2-14(7-3-4-8-14)13(18)17-10-5-6-12(11(15)9-10)21(16,19)20/h5-6,9H,2-4,7-8H2,1H3,(H,17,18)(H2,16,19,20). The van der Waals surface area contributed by atoms with Crippen LogP contribution in [0.4, 0.5) is 5.69 Å². The van der Waals surface area contributed by atoms with Gasteiger partial charge in [-0.25, -0.2) is 13.6 Å². The molecular weight excluding hydrogens is 356 g/mol. The van der Waals surface area contributed by atoms with Crippen LogP contribution in [0.2, 0.25) is 0 Å². The third kappa shape index (κ3) is 3.46. The Morgan fingerprint density at radius 2 is 2.00 bits per heavy atom. The molecule has 0 saturated heterocycles. The van der Waals surface area contributed by atoms with Gasteiger partial charge >= 0.3 is 0 Å². The number of primary sulfonamides is 1. The number of nitrogens with one attached hydrogen (secondary N) is 1. The highest BCUT2D eigenvalue weighted by Gasteiger charge is 2.39. The Balaban J connectivity index is 2.21. The van der Waals surface area contributed by atoms with Gasteiger partial charge in [0, 0.05) is 15.6 Å². The molecule has 2 rings (SSSR count). The molecule has 0 unspecified atom stereocenters. The number of carbonyl (C=O) groups excluding carboxylic acids is 1. The summed E-state index contributed by atoms with van der Waals surface area (Å²) in [6.07, 6.45) is 4.79. The monoisotopic (exact) mass is 374 g/mol. The van der Waals surface area contributed by atoms with Gasteiger partial charge < -0.3 is 5.32 Å². The van der Waals surface area contributed by atoms with E-state index in [9.17, 15) is 13.2 Å². The lowest BCUT2D eigenvalue weighted by molar-refractivity contribution is -0.125. The Bertz CT molecular complexity index is 652. The molecular formula is C14H19BrN2O3S. The van der Waals surface area contributed by atoms with Gasteiger partial charge in [-0.05, 0) is 53.4 Å². The SMILES string of the molecule is CCC1(C(=O)Nc2ccc(S(N)(=O)=O)c(Br)c2)CCCC1. The molecule has 21 heavy (non-hydrogen) atoms. The molecule has 0 radical (unpaired) electrons. The zero-order valence-corrected chi connectivity index (χ0v) is 14.3. The van der Waals surface area contributed by atoms with Crippen molar-refractivity contribution in [2.45, 2.75) is 43.9 Å². The number of carbonyl (C=O) groups is 1. The van der Waals surface area contributed by atoms with Crippen LogP contribution in [0.3, 0.4) is 0 Å². The van der Waals surface area contributed by atoms with Crippen LogP contribution in [0.5, 0.6) is 0 Å². The Morgan fingerprint density at radius 1 is 1.38 bits per heavy atom. The summed E-state index contributed by atoms with van der Waals surface area (Å²) in [5.74, 6) is 0.0118. The van der Waals surface area contributed by atoms with E-state index in [2.05, 4.69) is 21.2 Å². The number of amides is 1. The molecule has 1 fully saturated rings. The predicted molar refractivity (Wildman–Crippen MR) is 85.3 cm³/mol. The number of sulfonamides is 1. The third-order valence-electron chi connectivity index (χ3n) is 4.22. The smallest absolute Gasteiger partial charge is 0.239 e. The fourth-order valence-corrected chi connectivity index (χ4v) is 4.51. The van der Waals surface area contributed by atoms with Crippen molar-refractivity contribution in [3.05, 3.63) is 22.7 Å². The van der Waals surface area contributed by atoms with Gasteiger partial charge in [-0.1, -0.05) is 19.8 Å². The minimum atomic E-state index is -3.77. The summed E-state index contributed by atoms with van der Waals surface area (Å²) >= 11 is 3.18. The lowest BCUT2D eigenvalue weighted by Gasteiger charge is -2.26. The zero-order chi connectivity index (χ0) is 15.7. The fourth-order valence-electron chi connectivity index (χ4n) is 2.87. The molecule has 0 aliphatic heterocycles. The molecule has 1 saturated carbocycles. The summed E-state index contributed by atoms with van der Waals surface area (Å²) in [6.45, 7) is 2.03. The fraction of sp³-hybridized carbons (Fsp3) is 0.500. The predicted octanol–water partition coefficient (Wildman–Crippen LogP) is 3.01. The van der Waals surface area contributed by atoms with Gasteiger partial charge in [0.25, 0.3) is 0 Å². The van der Waals surface area contributed by atoms with Crippen LogP contribution < -0.4 is 10.5 Å². The molecule has 0 aromatic heterocycles. The zero-order valence-electron chi connectivity index (χ0n) is 11.9. The summed E-state index contributed by atoms with van der Waals surface area (Å²) in [4.78, 5) is 12.5. The summed E-state index contributed by atoms with van der Waals surface area (Å²) in [5.41, 5.74) is 0.282. The van der Waals surface area contributed by atoms with E-state index in [1.54, 1.807) is 12.1 Å². The second-order valence-electron chi connectivity index (χ2n) is 5.49. The first-order valence-electron chi connectivity index (χ1n) is 6.92. The van der Waals surface area contributed by atoms with Crippen molar-refractivity contribution in [1.82, 2.24) is 0 Å². The number of hydrogen-bond donors (Lipinski definition) is 2. The first-order valence-corrected chi connectivity index (χ1v) is 9.26. The summed E-state index contributed by atoms with van der Waals surface area (Å²) in [5, 5.41) is 8.00. The number of hydrogen-bond acceptors (Lipinski definition) is 3. The van der Waals surface area contributed by atoms with Crippen LogP contribution in [-0.4, -0.2) is 14.3 Å². The maximum absolute atomic E-state index is 12.5. The van der Waals surface area contributed by atoms with Gasteiger partial charge in [-0.2, -0.15) is 0 Å². The van der Waals surface area contributed by atoms with Crippen molar-refractivity contribution in [2.75, 3.05) is 5.32 Å². The summed E-state index contributed by atoms with van der Waals surface area (Å²) < 4.78 is 23.1. The summed E-state index contributed by atoms with van der Waals surface area (Å²) in [6, 6.07) is 4.51. The molecule has 3 N–H and O–H groups in total. The van der Waals surface area contributed by atoms with Crippen molar-refractivity contribution in [3.8, 4) is 0 Å². The Hall–Kier alpha value is -0.920. The van der Waals surface area contributed by atoms with E-state index in [-0.39, 0.29) is 16.2 Å². The van der Waals surface area contributed by atoms with Gasteiger partial charge in [0.05, 0.1) is 4.90 Å². The maximum Gasteiger partial charge on any atom is 0.239 e. The minimum Gasteiger partial charge on any atom is -0.326 e. The van der Waals surface area contributed by atoms with Crippen LogP contribution in [0.25, 0.3) is 0 Å². The molecule has 0 heterocycles.